The van der Waals surface area contributed by atoms with Crippen LogP contribution < -0.4 is 5.73 Å². The van der Waals surface area contributed by atoms with Gasteiger partial charge >= 0.3 is 0 Å². The first-order chi connectivity index (χ1) is 8.05. The topological polar surface area (TPSA) is 90.3 Å². The SMILES string of the molecule is Nc1cnc2ncc(C3CCS(=O)(=O)C3)cn12. The normalized spacial score (nSPS) is 23.2. The average Bonchev–Trinajstić information content (AvgIpc) is 2.83. The Morgan fingerprint density at radius 2 is 2.12 bits per heavy atom. The van der Waals surface area contributed by atoms with Gasteiger partial charge in [-0.15, -0.1) is 0 Å². The van der Waals surface area contributed by atoms with Gasteiger partial charge in [0.15, 0.2) is 9.84 Å². The van der Waals surface area contributed by atoms with Crippen LogP contribution in [-0.2, 0) is 9.84 Å². The van der Waals surface area contributed by atoms with Crippen molar-refractivity contribution in [3.05, 3.63) is 24.2 Å². The summed E-state index contributed by atoms with van der Waals surface area (Å²) in [6.45, 7) is 0. The van der Waals surface area contributed by atoms with E-state index in [1.807, 2.05) is 6.20 Å². The van der Waals surface area contributed by atoms with Gasteiger partial charge in [-0.2, -0.15) is 0 Å². The molecule has 0 amide bonds. The van der Waals surface area contributed by atoms with Gasteiger partial charge in [-0.05, 0) is 12.0 Å². The van der Waals surface area contributed by atoms with Gasteiger partial charge in [0.05, 0.1) is 17.7 Å². The summed E-state index contributed by atoms with van der Waals surface area (Å²) >= 11 is 0. The van der Waals surface area contributed by atoms with E-state index in [4.69, 9.17) is 5.73 Å². The van der Waals surface area contributed by atoms with Crippen molar-refractivity contribution in [3.63, 3.8) is 0 Å². The molecule has 2 N–H and O–H groups in total. The Kier molecular flexibility index (Phi) is 2.12. The number of nitrogen functional groups attached to an aromatic ring is 1. The zero-order valence-corrected chi connectivity index (χ0v) is 9.89. The highest BCUT2D eigenvalue weighted by molar-refractivity contribution is 7.91. The van der Waals surface area contributed by atoms with Crippen molar-refractivity contribution in [3.8, 4) is 0 Å². The summed E-state index contributed by atoms with van der Waals surface area (Å²) in [6.07, 6.45) is 5.71. The van der Waals surface area contributed by atoms with Crippen LogP contribution in [0, 0.1) is 0 Å². The van der Waals surface area contributed by atoms with Gasteiger partial charge in [0.25, 0.3) is 0 Å². The predicted molar refractivity (Wildman–Crippen MR) is 63.4 cm³/mol. The number of hydrogen-bond acceptors (Lipinski definition) is 5. The van der Waals surface area contributed by atoms with Crippen LogP contribution >= 0.6 is 0 Å². The van der Waals surface area contributed by atoms with E-state index in [1.54, 1.807) is 10.6 Å². The number of imidazole rings is 1. The molecule has 0 saturated carbocycles. The fourth-order valence-electron chi connectivity index (χ4n) is 2.17. The maximum absolute atomic E-state index is 11.4. The molecule has 1 aliphatic heterocycles. The van der Waals surface area contributed by atoms with Crippen LogP contribution in [-0.4, -0.2) is 34.3 Å². The third-order valence-corrected chi connectivity index (χ3v) is 4.88. The lowest BCUT2D eigenvalue weighted by Gasteiger charge is -2.07. The van der Waals surface area contributed by atoms with Crippen molar-refractivity contribution >= 4 is 21.4 Å². The molecule has 0 radical (unpaired) electrons. The summed E-state index contributed by atoms with van der Waals surface area (Å²) in [5.41, 5.74) is 6.65. The minimum Gasteiger partial charge on any atom is -0.383 e. The maximum Gasteiger partial charge on any atom is 0.235 e. The molecule has 3 rings (SSSR count). The van der Waals surface area contributed by atoms with E-state index in [-0.39, 0.29) is 17.4 Å². The molecule has 0 bridgehead atoms. The molecule has 0 spiro atoms. The van der Waals surface area contributed by atoms with Crippen LogP contribution in [0.25, 0.3) is 5.78 Å². The summed E-state index contributed by atoms with van der Waals surface area (Å²) in [4.78, 5) is 8.19. The van der Waals surface area contributed by atoms with Crippen molar-refractivity contribution < 1.29 is 8.42 Å². The quantitative estimate of drug-likeness (QED) is 0.783. The van der Waals surface area contributed by atoms with Crippen LogP contribution in [0.1, 0.15) is 17.9 Å². The van der Waals surface area contributed by atoms with Crippen molar-refractivity contribution in [1.29, 1.82) is 0 Å². The second-order valence-electron chi connectivity index (χ2n) is 4.34. The summed E-state index contributed by atoms with van der Waals surface area (Å²) in [6, 6.07) is 0. The molecule has 0 aliphatic carbocycles. The fourth-order valence-corrected chi connectivity index (χ4v) is 3.96. The zero-order chi connectivity index (χ0) is 12.0. The van der Waals surface area contributed by atoms with Gasteiger partial charge in [-0.25, -0.2) is 18.4 Å². The highest BCUT2D eigenvalue weighted by Gasteiger charge is 2.29. The van der Waals surface area contributed by atoms with Crippen LogP contribution in [0.3, 0.4) is 0 Å². The first-order valence-corrected chi connectivity index (χ1v) is 7.16. The summed E-state index contributed by atoms with van der Waals surface area (Å²) in [5, 5.41) is 0. The summed E-state index contributed by atoms with van der Waals surface area (Å²) in [7, 11) is -2.88. The predicted octanol–water partition coefficient (Wildman–Crippen LogP) is 0.214. The number of nitrogens with zero attached hydrogens (tertiary/aromatic N) is 3. The number of rotatable bonds is 1. The number of aromatic nitrogens is 3. The van der Waals surface area contributed by atoms with Gasteiger partial charge in [-0.1, -0.05) is 0 Å². The zero-order valence-electron chi connectivity index (χ0n) is 9.07. The second-order valence-corrected chi connectivity index (χ2v) is 6.57. The molecule has 1 aliphatic rings. The summed E-state index contributed by atoms with van der Waals surface area (Å²) < 4.78 is 24.5. The monoisotopic (exact) mass is 252 g/mol. The Morgan fingerprint density at radius 3 is 2.82 bits per heavy atom. The molecular weight excluding hydrogens is 240 g/mol. The molecule has 1 unspecified atom stereocenters. The molecular formula is C10H12N4O2S. The Bertz CT molecular complexity index is 677. The molecule has 17 heavy (non-hydrogen) atoms. The molecule has 1 fully saturated rings. The molecule has 1 atom stereocenters. The summed E-state index contributed by atoms with van der Waals surface area (Å²) in [5.74, 6) is 1.53. The van der Waals surface area contributed by atoms with Gasteiger partial charge in [0.1, 0.15) is 5.82 Å². The van der Waals surface area contributed by atoms with Crippen LogP contribution in [0.2, 0.25) is 0 Å². The smallest absolute Gasteiger partial charge is 0.235 e. The van der Waals surface area contributed by atoms with Crippen molar-refractivity contribution in [2.45, 2.75) is 12.3 Å². The third-order valence-electron chi connectivity index (χ3n) is 3.12. The molecule has 1 saturated heterocycles. The van der Waals surface area contributed by atoms with E-state index < -0.39 is 9.84 Å². The molecule has 7 heteroatoms. The van der Waals surface area contributed by atoms with Crippen LogP contribution in [0.5, 0.6) is 0 Å². The molecule has 2 aromatic rings. The number of sulfone groups is 1. The Balaban J connectivity index is 2.04. The highest BCUT2D eigenvalue weighted by atomic mass is 32.2. The lowest BCUT2D eigenvalue weighted by atomic mass is 10.0. The minimum atomic E-state index is -2.88. The molecule has 3 heterocycles. The largest absolute Gasteiger partial charge is 0.383 e. The van der Waals surface area contributed by atoms with E-state index in [2.05, 4.69) is 9.97 Å². The van der Waals surface area contributed by atoms with E-state index in [1.165, 1.54) is 6.20 Å². The van der Waals surface area contributed by atoms with Gasteiger partial charge in [-0.3, -0.25) is 4.40 Å². The molecule has 0 aromatic carbocycles. The number of nitrogens with two attached hydrogens (primary N) is 1. The van der Waals surface area contributed by atoms with E-state index >= 15 is 0 Å². The van der Waals surface area contributed by atoms with Crippen molar-refractivity contribution in [2.75, 3.05) is 17.2 Å². The van der Waals surface area contributed by atoms with E-state index in [0.717, 1.165) is 5.56 Å². The highest BCUT2D eigenvalue weighted by Crippen LogP contribution is 2.28. The van der Waals surface area contributed by atoms with Crippen molar-refractivity contribution in [2.24, 2.45) is 0 Å². The lowest BCUT2D eigenvalue weighted by Crippen LogP contribution is -2.05. The van der Waals surface area contributed by atoms with Crippen molar-refractivity contribution in [1.82, 2.24) is 14.4 Å². The van der Waals surface area contributed by atoms with Gasteiger partial charge in [0, 0.05) is 18.3 Å². The third kappa shape index (κ3) is 1.76. The van der Waals surface area contributed by atoms with E-state index in [0.29, 0.717) is 18.0 Å². The first-order valence-electron chi connectivity index (χ1n) is 5.34. The second kappa shape index (κ2) is 3.43. The Labute approximate surface area is 98.4 Å². The molecule has 90 valence electrons. The number of fused-ring (bicyclic) bond motifs is 1. The average molecular weight is 252 g/mol. The maximum atomic E-state index is 11.4. The Morgan fingerprint density at radius 1 is 1.35 bits per heavy atom. The van der Waals surface area contributed by atoms with E-state index in [9.17, 15) is 8.42 Å². The van der Waals surface area contributed by atoms with Gasteiger partial charge < -0.3 is 5.73 Å². The van der Waals surface area contributed by atoms with Crippen LogP contribution in [0.15, 0.2) is 18.6 Å². The minimum absolute atomic E-state index is 0.0266. The standard InChI is InChI=1S/C10H12N4O2S/c11-9-4-13-10-12-3-8(5-14(9)10)7-1-2-17(15,16)6-7/h3-5,7H,1-2,6,11H2. The fraction of sp³-hybridized carbons (Fsp3) is 0.400. The van der Waals surface area contributed by atoms with Crippen LogP contribution in [0.4, 0.5) is 5.82 Å². The number of anilines is 1. The van der Waals surface area contributed by atoms with Gasteiger partial charge in [0.2, 0.25) is 5.78 Å². The molecule has 2 aromatic heterocycles. The first kappa shape index (κ1) is 10.5. The number of hydrogen-bond donors (Lipinski definition) is 1. The molecule has 6 nitrogen and oxygen atoms in total. The Hall–Kier alpha value is -1.63. The lowest BCUT2D eigenvalue weighted by molar-refractivity contribution is 0.601.